The number of aliphatic hydroxyl groups is 1. The van der Waals surface area contributed by atoms with E-state index >= 15 is 0 Å². The Labute approximate surface area is 103 Å². The number of nitrogens with one attached hydrogen (secondary N) is 1. The molecule has 0 radical (unpaired) electrons. The molecule has 1 heterocycles. The van der Waals surface area contributed by atoms with Gasteiger partial charge in [-0.05, 0) is 19.3 Å². The smallest absolute Gasteiger partial charge is 0.221 e. The highest BCUT2D eigenvalue weighted by molar-refractivity contribution is 5.76. The van der Waals surface area contributed by atoms with Gasteiger partial charge in [0, 0.05) is 32.1 Å². The minimum absolute atomic E-state index is 0.179. The second kappa shape index (κ2) is 6.36. The minimum Gasteiger partial charge on any atom is -0.392 e. The van der Waals surface area contributed by atoms with E-state index < -0.39 is 0 Å². The third kappa shape index (κ3) is 4.28. The Kier molecular flexibility index (Phi) is 4.80. The first-order valence-corrected chi connectivity index (χ1v) is 6.94. The zero-order chi connectivity index (χ0) is 12.1. The quantitative estimate of drug-likeness (QED) is 0.767. The lowest BCUT2D eigenvalue weighted by molar-refractivity contribution is -0.122. The molecule has 0 bridgehead atoms. The monoisotopic (exact) mass is 240 g/mol. The average Bonchev–Trinajstić information content (AvgIpc) is 2.74. The highest BCUT2D eigenvalue weighted by Crippen LogP contribution is 2.17. The topological polar surface area (TPSA) is 52.6 Å². The number of amides is 1. The van der Waals surface area contributed by atoms with Gasteiger partial charge in [-0.25, -0.2) is 0 Å². The molecule has 2 rings (SSSR count). The molecule has 1 amide bonds. The van der Waals surface area contributed by atoms with Crippen molar-refractivity contribution in [2.24, 2.45) is 0 Å². The summed E-state index contributed by atoms with van der Waals surface area (Å²) in [6.07, 6.45) is 7.36. The van der Waals surface area contributed by atoms with Crippen molar-refractivity contribution >= 4 is 5.91 Å². The van der Waals surface area contributed by atoms with Gasteiger partial charge in [0.1, 0.15) is 0 Å². The van der Waals surface area contributed by atoms with E-state index in [1.54, 1.807) is 0 Å². The second-order valence-corrected chi connectivity index (χ2v) is 5.40. The number of nitrogens with zero attached hydrogens (tertiary/aromatic N) is 1. The van der Waals surface area contributed by atoms with Crippen molar-refractivity contribution in [2.75, 3.05) is 19.6 Å². The molecule has 0 aromatic rings. The van der Waals surface area contributed by atoms with Gasteiger partial charge in [0.05, 0.1) is 6.10 Å². The van der Waals surface area contributed by atoms with E-state index in [9.17, 15) is 9.90 Å². The molecule has 1 saturated heterocycles. The van der Waals surface area contributed by atoms with Crippen LogP contribution in [-0.2, 0) is 4.79 Å². The summed E-state index contributed by atoms with van der Waals surface area (Å²) in [5, 5.41) is 12.5. The summed E-state index contributed by atoms with van der Waals surface area (Å²) in [6, 6.07) is 0.417. The van der Waals surface area contributed by atoms with Crippen LogP contribution in [0.2, 0.25) is 0 Å². The van der Waals surface area contributed by atoms with Crippen LogP contribution in [0.25, 0.3) is 0 Å². The Morgan fingerprint density at radius 1 is 1.24 bits per heavy atom. The summed E-state index contributed by atoms with van der Waals surface area (Å²) < 4.78 is 0. The summed E-state index contributed by atoms with van der Waals surface area (Å²) in [5.41, 5.74) is 0. The van der Waals surface area contributed by atoms with E-state index in [2.05, 4.69) is 10.2 Å². The maximum absolute atomic E-state index is 11.7. The summed E-state index contributed by atoms with van der Waals surface area (Å²) in [6.45, 7) is 2.45. The Morgan fingerprint density at radius 2 is 2.00 bits per heavy atom. The summed E-state index contributed by atoms with van der Waals surface area (Å²) in [7, 11) is 0. The normalized spacial score (nSPS) is 27.2. The van der Waals surface area contributed by atoms with Crippen LogP contribution in [0.15, 0.2) is 0 Å². The molecule has 2 fully saturated rings. The largest absolute Gasteiger partial charge is 0.392 e. The number of rotatable bonds is 4. The molecular formula is C13H24N2O2. The van der Waals surface area contributed by atoms with E-state index in [4.69, 9.17) is 0 Å². The van der Waals surface area contributed by atoms with Gasteiger partial charge in [0.15, 0.2) is 0 Å². The standard InChI is InChI=1S/C13H24N2O2/c16-12-6-8-15(10-12)9-7-13(17)14-11-4-2-1-3-5-11/h11-12,16H,1-10H2,(H,14,17)/t12-/m0/s1. The van der Waals surface area contributed by atoms with E-state index in [-0.39, 0.29) is 12.0 Å². The molecule has 4 heteroatoms. The number of likely N-dealkylation sites (tertiary alicyclic amines) is 1. The Hall–Kier alpha value is -0.610. The zero-order valence-corrected chi connectivity index (χ0v) is 10.5. The first kappa shape index (κ1) is 12.8. The summed E-state index contributed by atoms with van der Waals surface area (Å²) in [4.78, 5) is 13.9. The minimum atomic E-state index is -0.184. The predicted molar refractivity (Wildman–Crippen MR) is 66.7 cm³/mol. The Balaban J connectivity index is 1.60. The van der Waals surface area contributed by atoms with E-state index in [1.165, 1.54) is 19.3 Å². The highest BCUT2D eigenvalue weighted by atomic mass is 16.3. The maximum atomic E-state index is 11.7. The zero-order valence-electron chi connectivity index (χ0n) is 10.5. The Bertz CT molecular complexity index is 252. The summed E-state index contributed by atoms with van der Waals surface area (Å²) >= 11 is 0. The van der Waals surface area contributed by atoms with Crippen LogP contribution in [-0.4, -0.2) is 47.7 Å². The molecule has 2 aliphatic rings. The first-order chi connectivity index (χ1) is 8.24. The van der Waals surface area contributed by atoms with Crippen LogP contribution in [0.1, 0.15) is 44.9 Å². The van der Waals surface area contributed by atoms with Crippen LogP contribution in [0.3, 0.4) is 0 Å². The lowest BCUT2D eigenvalue weighted by atomic mass is 9.95. The second-order valence-electron chi connectivity index (χ2n) is 5.40. The maximum Gasteiger partial charge on any atom is 0.221 e. The van der Waals surface area contributed by atoms with Crippen molar-refractivity contribution in [2.45, 2.75) is 57.1 Å². The fourth-order valence-corrected chi connectivity index (χ4v) is 2.82. The van der Waals surface area contributed by atoms with E-state index in [0.29, 0.717) is 12.5 Å². The number of carbonyl (C=O) groups is 1. The van der Waals surface area contributed by atoms with Crippen molar-refractivity contribution in [3.8, 4) is 0 Å². The molecule has 0 aromatic heterocycles. The van der Waals surface area contributed by atoms with Gasteiger partial charge >= 0.3 is 0 Å². The molecule has 2 N–H and O–H groups in total. The predicted octanol–water partition coefficient (Wildman–Crippen LogP) is 0.892. The Morgan fingerprint density at radius 3 is 2.65 bits per heavy atom. The molecule has 4 nitrogen and oxygen atoms in total. The fraction of sp³-hybridized carbons (Fsp3) is 0.923. The van der Waals surface area contributed by atoms with E-state index in [1.807, 2.05) is 0 Å². The lowest BCUT2D eigenvalue weighted by Gasteiger charge is -2.23. The van der Waals surface area contributed by atoms with Gasteiger partial charge in [-0.3, -0.25) is 4.79 Å². The number of β-amino-alcohol motifs (C(OH)–C–C–N with tert-alkyl or cyclic N) is 1. The van der Waals surface area contributed by atoms with Gasteiger partial charge in [0.2, 0.25) is 5.91 Å². The number of hydrogen-bond acceptors (Lipinski definition) is 3. The van der Waals surface area contributed by atoms with E-state index in [0.717, 1.165) is 38.9 Å². The number of aliphatic hydroxyl groups excluding tert-OH is 1. The first-order valence-electron chi connectivity index (χ1n) is 6.94. The molecular weight excluding hydrogens is 216 g/mol. The number of hydrogen-bond donors (Lipinski definition) is 2. The molecule has 0 spiro atoms. The molecule has 1 aliphatic heterocycles. The molecule has 1 atom stereocenters. The van der Waals surface area contributed by atoms with Crippen LogP contribution in [0.4, 0.5) is 0 Å². The third-order valence-corrected chi connectivity index (χ3v) is 3.87. The van der Waals surface area contributed by atoms with Crippen molar-refractivity contribution in [3.63, 3.8) is 0 Å². The van der Waals surface area contributed by atoms with Crippen molar-refractivity contribution in [3.05, 3.63) is 0 Å². The van der Waals surface area contributed by atoms with Crippen molar-refractivity contribution < 1.29 is 9.90 Å². The van der Waals surface area contributed by atoms with Crippen LogP contribution in [0.5, 0.6) is 0 Å². The third-order valence-electron chi connectivity index (χ3n) is 3.87. The molecule has 0 unspecified atom stereocenters. The lowest BCUT2D eigenvalue weighted by Crippen LogP contribution is -2.38. The van der Waals surface area contributed by atoms with Gasteiger partial charge in [-0.15, -0.1) is 0 Å². The molecule has 0 aromatic carbocycles. The van der Waals surface area contributed by atoms with Crippen molar-refractivity contribution in [1.29, 1.82) is 0 Å². The molecule has 17 heavy (non-hydrogen) atoms. The highest BCUT2D eigenvalue weighted by Gasteiger charge is 2.21. The average molecular weight is 240 g/mol. The van der Waals surface area contributed by atoms with Crippen LogP contribution in [0, 0.1) is 0 Å². The SMILES string of the molecule is O=C(CCN1CC[C@H](O)C1)NC1CCCCC1. The number of carbonyl (C=O) groups excluding carboxylic acids is 1. The molecule has 1 aliphatic carbocycles. The fourth-order valence-electron chi connectivity index (χ4n) is 2.82. The van der Waals surface area contributed by atoms with Gasteiger partial charge in [0.25, 0.3) is 0 Å². The summed E-state index contributed by atoms with van der Waals surface area (Å²) in [5.74, 6) is 0.179. The van der Waals surface area contributed by atoms with Crippen LogP contribution < -0.4 is 5.32 Å². The van der Waals surface area contributed by atoms with Gasteiger partial charge in [-0.1, -0.05) is 19.3 Å². The van der Waals surface area contributed by atoms with Gasteiger partial charge < -0.3 is 15.3 Å². The molecule has 1 saturated carbocycles. The van der Waals surface area contributed by atoms with Crippen LogP contribution >= 0.6 is 0 Å². The van der Waals surface area contributed by atoms with Gasteiger partial charge in [-0.2, -0.15) is 0 Å². The van der Waals surface area contributed by atoms with Crippen molar-refractivity contribution in [1.82, 2.24) is 10.2 Å². The molecule has 98 valence electrons.